The van der Waals surface area contributed by atoms with Crippen LogP contribution < -0.4 is 4.74 Å². The van der Waals surface area contributed by atoms with Crippen LogP contribution in [-0.2, 0) is 39.9 Å². The minimum absolute atomic E-state index is 0.0697. The summed E-state index contributed by atoms with van der Waals surface area (Å²) in [7, 11) is 1.18. The molecule has 1 aliphatic heterocycles. The van der Waals surface area contributed by atoms with Crippen molar-refractivity contribution in [2.45, 2.75) is 44.9 Å². The third kappa shape index (κ3) is 5.64. The standard InChI is InChI=1S/C17H19NO10/c1-10(20)26-12-6-15(17(21)24-2)28-16(7-12)27-14-4-3-11(8-25-9-19)5-13(14)18(22)23/h3-5,9,12,15-16H,6-8H2,1-2H3/t12?,15-,16?/m0/s1. The third-order valence-corrected chi connectivity index (χ3v) is 3.84. The number of carbonyl (C=O) groups is 3. The highest BCUT2D eigenvalue weighted by molar-refractivity contribution is 5.74. The summed E-state index contributed by atoms with van der Waals surface area (Å²) < 4.78 is 25.4. The Morgan fingerprint density at radius 3 is 2.71 bits per heavy atom. The largest absolute Gasteiger partial charge is 0.467 e. The molecule has 0 spiro atoms. The topological polar surface area (TPSA) is 140 Å². The molecule has 0 aliphatic carbocycles. The Labute approximate surface area is 159 Å². The molecule has 0 amide bonds. The SMILES string of the molecule is COC(=O)[C@@H]1CC(OC(C)=O)CC(Oc2ccc(COC=O)cc2[N+](=O)[O-])O1. The first-order valence-electron chi connectivity index (χ1n) is 8.23. The van der Waals surface area contributed by atoms with Gasteiger partial charge in [0.1, 0.15) is 12.7 Å². The van der Waals surface area contributed by atoms with Crippen LogP contribution >= 0.6 is 0 Å². The van der Waals surface area contributed by atoms with Crippen molar-refractivity contribution in [3.63, 3.8) is 0 Å². The minimum atomic E-state index is -1.09. The molecule has 11 heteroatoms. The molecule has 28 heavy (non-hydrogen) atoms. The van der Waals surface area contributed by atoms with Gasteiger partial charge in [-0.1, -0.05) is 6.07 Å². The summed E-state index contributed by atoms with van der Waals surface area (Å²) in [6, 6.07) is 4.01. The lowest BCUT2D eigenvalue weighted by atomic mass is 10.0. The third-order valence-electron chi connectivity index (χ3n) is 3.84. The Hall–Kier alpha value is -3.21. The van der Waals surface area contributed by atoms with Crippen LogP contribution in [0.1, 0.15) is 25.3 Å². The molecule has 1 aliphatic rings. The number of methoxy groups -OCH3 is 1. The van der Waals surface area contributed by atoms with Crippen molar-refractivity contribution < 1.29 is 43.0 Å². The van der Waals surface area contributed by atoms with E-state index in [1.807, 2.05) is 0 Å². The molecule has 0 radical (unpaired) electrons. The summed E-state index contributed by atoms with van der Waals surface area (Å²) in [6.07, 6.45) is -2.67. The van der Waals surface area contributed by atoms with Gasteiger partial charge in [-0.15, -0.1) is 0 Å². The van der Waals surface area contributed by atoms with Gasteiger partial charge in [0.05, 0.1) is 12.0 Å². The van der Waals surface area contributed by atoms with Crippen LogP contribution in [0, 0.1) is 10.1 Å². The van der Waals surface area contributed by atoms with Gasteiger partial charge in [-0.25, -0.2) is 4.79 Å². The van der Waals surface area contributed by atoms with Crippen molar-refractivity contribution in [2.24, 2.45) is 0 Å². The zero-order valence-corrected chi connectivity index (χ0v) is 15.2. The number of nitro benzene ring substituents is 1. The Kier molecular flexibility index (Phi) is 7.27. The first kappa shape index (κ1) is 21.1. The zero-order valence-electron chi connectivity index (χ0n) is 15.2. The predicted octanol–water partition coefficient (Wildman–Crippen LogP) is 1.26. The van der Waals surface area contributed by atoms with E-state index in [4.69, 9.17) is 14.2 Å². The molecule has 3 atom stereocenters. The summed E-state index contributed by atoms with van der Waals surface area (Å²) in [5.41, 5.74) is 0.0146. The molecule has 1 saturated heterocycles. The number of carbonyl (C=O) groups excluding carboxylic acids is 3. The van der Waals surface area contributed by atoms with Crippen molar-refractivity contribution in [2.75, 3.05) is 7.11 Å². The van der Waals surface area contributed by atoms with E-state index in [2.05, 4.69) is 9.47 Å². The molecule has 1 aromatic carbocycles. The van der Waals surface area contributed by atoms with Gasteiger partial charge < -0.3 is 23.7 Å². The average molecular weight is 397 g/mol. The van der Waals surface area contributed by atoms with Gasteiger partial charge in [0.15, 0.2) is 11.9 Å². The van der Waals surface area contributed by atoms with E-state index in [0.29, 0.717) is 5.56 Å². The van der Waals surface area contributed by atoms with Crippen molar-refractivity contribution >= 4 is 24.1 Å². The number of nitro groups is 1. The molecule has 1 aromatic rings. The van der Waals surface area contributed by atoms with Crippen LogP contribution in [-0.4, -0.2) is 48.9 Å². The fourth-order valence-corrected chi connectivity index (χ4v) is 2.70. The van der Waals surface area contributed by atoms with Gasteiger partial charge in [-0.3, -0.25) is 19.7 Å². The van der Waals surface area contributed by atoms with Crippen LogP contribution in [0.2, 0.25) is 0 Å². The first-order chi connectivity index (χ1) is 13.3. The Balaban J connectivity index is 2.21. The highest BCUT2D eigenvalue weighted by Crippen LogP contribution is 2.32. The number of rotatable bonds is 8. The quantitative estimate of drug-likeness (QED) is 0.207. The molecule has 11 nitrogen and oxygen atoms in total. The van der Waals surface area contributed by atoms with E-state index in [1.165, 1.54) is 32.2 Å². The number of esters is 2. The van der Waals surface area contributed by atoms with Crippen LogP contribution in [0.4, 0.5) is 5.69 Å². The monoisotopic (exact) mass is 397 g/mol. The first-order valence-corrected chi connectivity index (χ1v) is 8.23. The average Bonchev–Trinajstić information content (AvgIpc) is 2.65. The second-order valence-corrected chi connectivity index (χ2v) is 5.86. The van der Waals surface area contributed by atoms with Crippen molar-refractivity contribution in [3.05, 3.63) is 33.9 Å². The van der Waals surface area contributed by atoms with E-state index in [9.17, 15) is 24.5 Å². The minimum Gasteiger partial charge on any atom is -0.467 e. The van der Waals surface area contributed by atoms with Gasteiger partial charge in [0, 0.05) is 25.8 Å². The summed E-state index contributed by atoms with van der Waals surface area (Å²) in [5, 5.41) is 11.3. The van der Waals surface area contributed by atoms with Crippen LogP contribution in [0.15, 0.2) is 18.2 Å². The molecule has 0 saturated carbocycles. The van der Waals surface area contributed by atoms with Gasteiger partial charge in [0.2, 0.25) is 6.29 Å². The number of benzene rings is 1. The molecule has 2 unspecified atom stereocenters. The lowest BCUT2D eigenvalue weighted by molar-refractivity contribution is -0.386. The molecule has 0 bridgehead atoms. The molecule has 1 fully saturated rings. The molecule has 0 aromatic heterocycles. The molecular formula is C17H19NO10. The molecule has 2 rings (SSSR count). The second-order valence-electron chi connectivity index (χ2n) is 5.86. The van der Waals surface area contributed by atoms with Gasteiger partial charge >= 0.3 is 17.6 Å². The summed E-state index contributed by atoms with van der Waals surface area (Å²) in [5.74, 6) is -1.34. The van der Waals surface area contributed by atoms with Crippen molar-refractivity contribution in [1.29, 1.82) is 0 Å². The van der Waals surface area contributed by atoms with E-state index >= 15 is 0 Å². The lowest BCUT2D eigenvalue weighted by Gasteiger charge is -2.33. The maximum Gasteiger partial charge on any atom is 0.335 e. The fourth-order valence-electron chi connectivity index (χ4n) is 2.70. The fraction of sp³-hybridized carbons (Fsp3) is 0.471. The predicted molar refractivity (Wildman–Crippen MR) is 90.0 cm³/mol. The van der Waals surface area contributed by atoms with Gasteiger partial charge in [0.25, 0.3) is 6.47 Å². The summed E-state index contributed by atoms with van der Waals surface area (Å²) in [6.45, 7) is 1.32. The van der Waals surface area contributed by atoms with E-state index in [0.717, 1.165) is 0 Å². The summed E-state index contributed by atoms with van der Waals surface area (Å²) >= 11 is 0. The second kappa shape index (κ2) is 9.65. The van der Waals surface area contributed by atoms with E-state index in [-0.39, 0.29) is 37.4 Å². The normalized spacial score (nSPS) is 21.3. The highest BCUT2D eigenvalue weighted by Gasteiger charge is 2.38. The van der Waals surface area contributed by atoms with E-state index < -0.39 is 35.4 Å². The number of hydrogen-bond acceptors (Lipinski definition) is 10. The van der Waals surface area contributed by atoms with Crippen LogP contribution in [0.5, 0.6) is 5.75 Å². The number of ether oxygens (including phenoxy) is 5. The number of nitrogens with zero attached hydrogens (tertiary/aromatic N) is 1. The van der Waals surface area contributed by atoms with E-state index in [1.54, 1.807) is 0 Å². The smallest absolute Gasteiger partial charge is 0.335 e. The van der Waals surface area contributed by atoms with Crippen molar-refractivity contribution in [3.8, 4) is 5.75 Å². The maximum atomic E-state index is 11.8. The lowest BCUT2D eigenvalue weighted by Crippen LogP contribution is -2.44. The maximum absolute atomic E-state index is 11.8. The Morgan fingerprint density at radius 1 is 1.36 bits per heavy atom. The summed E-state index contributed by atoms with van der Waals surface area (Å²) in [4.78, 5) is 44.0. The van der Waals surface area contributed by atoms with Gasteiger partial charge in [-0.05, 0) is 11.6 Å². The highest BCUT2D eigenvalue weighted by atomic mass is 16.7. The van der Waals surface area contributed by atoms with Crippen LogP contribution in [0.25, 0.3) is 0 Å². The van der Waals surface area contributed by atoms with Crippen molar-refractivity contribution in [1.82, 2.24) is 0 Å². The van der Waals surface area contributed by atoms with Crippen LogP contribution in [0.3, 0.4) is 0 Å². The Bertz CT molecular complexity index is 749. The number of hydrogen-bond donors (Lipinski definition) is 0. The molecule has 1 heterocycles. The zero-order chi connectivity index (χ0) is 20.7. The molecule has 0 N–H and O–H groups in total. The van der Waals surface area contributed by atoms with Gasteiger partial charge in [-0.2, -0.15) is 0 Å². The molecular weight excluding hydrogens is 378 g/mol. The molecule has 152 valence electrons. The Morgan fingerprint density at radius 2 is 2.11 bits per heavy atom.